The number of nitro groups is 1. The van der Waals surface area contributed by atoms with E-state index in [1.54, 1.807) is 12.1 Å². The van der Waals surface area contributed by atoms with Gasteiger partial charge in [-0.2, -0.15) is 0 Å². The third kappa shape index (κ3) is 5.76. The van der Waals surface area contributed by atoms with Gasteiger partial charge in [-0.15, -0.1) is 0 Å². The standard InChI is InChI=1S/C23H35N5O4/c1-3-25(4-2)22(29)18-24-12-7-13-27(17-16-24)23(30)19-10-14-26(15-11-19)20-8-5-6-9-21(20)28(31)32/h5-6,8-9,19H,3-4,7,10-18H2,1-2H3. The van der Waals surface area contributed by atoms with Gasteiger partial charge in [-0.25, -0.2) is 0 Å². The fourth-order valence-corrected chi connectivity index (χ4v) is 4.73. The minimum absolute atomic E-state index is 0.0436. The fraction of sp³-hybridized carbons (Fsp3) is 0.652. The first-order chi connectivity index (χ1) is 15.4. The highest BCUT2D eigenvalue weighted by Gasteiger charge is 2.31. The van der Waals surface area contributed by atoms with Crippen molar-refractivity contribution >= 4 is 23.2 Å². The summed E-state index contributed by atoms with van der Waals surface area (Å²) < 4.78 is 0. The van der Waals surface area contributed by atoms with E-state index >= 15 is 0 Å². The Kier molecular flexibility index (Phi) is 8.44. The quantitative estimate of drug-likeness (QED) is 0.472. The van der Waals surface area contributed by atoms with Crippen molar-refractivity contribution in [2.24, 2.45) is 5.92 Å². The lowest BCUT2D eigenvalue weighted by atomic mass is 9.94. The molecule has 2 amide bonds. The molecular formula is C23H35N5O4. The van der Waals surface area contributed by atoms with Crippen molar-refractivity contribution in [3.8, 4) is 0 Å². The van der Waals surface area contributed by atoms with Crippen LogP contribution in [0.2, 0.25) is 0 Å². The van der Waals surface area contributed by atoms with Crippen LogP contribution in [0.1, 0.15) is 33.1 Å². The highest BCUT2D eigenvalue weighted by Crippen LogP contribution is 2.31. The Bertz CT molecular complexity index is 805. The average Bonchev–Trinajstić information content (AvgIpc) is 3.05. The summed E-state index contributed by atoms with van der Waals surface area (Å²) in [5, 5.41) is 11.3. The van der Waals surface area contributed by atoms with Crippen molar-refractivity contribution in [3.63, 3.8) is 0 Å². The molecule has 0 aliphatic carbocycles. The number of hydrogen-bond donors (Lipinski definition) is 0. The van der Waals surface area contributed by atoms with E-state index in [0.29, 0.717) is 51.3 Å². The van der Waals surface area contributed by atoms with Gasteiger partial charge in [0, 0.05) is 64.3 Å². The molecule has 2 aliphatic rings. The van der Waals surface area contributed by atoms with E-state index in [2.05, 4.69) is 4.90 Å². The monoisotopic (exact) mass is 445 g/mol. The molecule has 0 N–H and O–H groups in total. The molecule has 0 radical (unpaired) electrons. The maximum atomic E-state index is 13.2. The Morgan fingerprint density at radius 1 is 1.03 bits per heavy atom. The summed E-state index contributed by atoms with van der Waals surface area (Å²) in [5.74, 6) is 0.291. The van der Waals surface area contributed by atoms with Gasteiger partial charge in [0.2, 0.25) is 11.8 Å². The Hall–Kier alpha value is -2.68. The van der Waals surface area contributed by atoms with Crippen LogP contribution in [0.25, 0.3) is 0 Å². The molecule has 2 aliphatic heterocycles. The molecule has 0 aromatic heterocycles. The van der Waals surface area contributed by atoms with Crippen molar-refractivity contribution in [2.75, 3.05) is 63.8 Å². The summed E-state index contributed by atoms with van der Waals surface area (Å²) in [6.07, 6.45) is 2.27. The lowest BCUT2D eigenvalue weighted by Crippen LogP contribution is -2.44. The maximum absolute atomic E-state index is 13.2. The molecular weight excluding hydrogens is 410 g/mol. The number of anilines is 1. The van der Waals surface area contributed by atoms with Crippen molar-refractivity contribution in [1.82, 2.24) is 14.7 Å². The molecule has 3 rings (SSSR count). The van der Waals surface area contributed by atoms with E-state index in [9.17, 15) is 19.7 Å². The second kappa shape index (κ2) is 11.3. The van der Waals surface area contributed by atoms with Crippen LogP contribution < -0.4 is 4.90 Å². The second-order valence-electron chi connectivity index (χ2n) is 8.53. The van der Waals surface area contributed by atoms with Gasteiger partial charge in [0.05, 0.1) is 11.5 Å². The summed E-state index contributed by atoms with van der Waals surface area (Å²) in [6, 6.07) is 6.80. The predicted molar refractivity (Wildman–Crippen MR) is 124 cm³/mol. The maximum Gasteiger partial charge on any atom is 0.292 e. The van der Waals surface area contributed by atoms with Crippen LogP contribution in [0.5, 0.6) is 0 Å². The molecule has 2 heterocycles. The van der Waals surface area contributed by atoms with Crippen LogP contribution in [0.4, 0.5) is 11.4 Å². The Balaban J connectivity index is 1.51. The van der Waals surface area contributed by atoms with Gasteiger partial charge in [0.15, 0.2) is 0 Å². The molecule has 32 heavy (non-hydrogen) atoms. The largest absolute Gasteiger partial charge is 0.366 e. The molecule has 176 valence electrons. The van der Waals surface area contributed by atoms with E-state index < -0.39 is 0 Å². The van der Waals surface area contributed by atoms with E-state index in [0.717, 1.165) is 32.6 Å². The van der Waals surface area contributed by atoms with Gasteiger partial charge >= 0.3 is 0 Å². The van der Waals surface area contributed by atoms with Gasteiger partial charge in [0.1, 0.15) is 5.69 Å². The minimum Gasteiger partial charge on any atom is -0.366 e. The number of hydrogen-bond acceptors (Lipinski definition) is 6. The summed E-state index contributed by atoms with van der Waals surface area (Å²) in [5.41, 5.74) is 0.746. The number of nitro benzene ring substituents is 1. The molecule has 1 aromatic rings. The molecule has 2 saturated heterocycles. The third-order valence-electron chi connectivity index (χ3n) is 6.64. The summed E-state index contributed by atoms with van der Waals surface area (Å²) in [6.45, 7) is 10.0. The highest BCUT2D eigenvalue weighted by atomic mass is 16.6. The number of amides is 2. The SMILES string of the molecule is CCN(CC)C(=O)CN1CCCN(C(=O)C2CCN(c3ccccc3[N+](=O)[O-])CC2)CC1. The number of carbonyl (C=O) groups excluding carboxylic acids is 2. The van der Waals surface area contributed by atoms with E-state index in [4.69, 9.17) is 0 Å². The normalized spacial score (nSPS) is 18.3. The molecule has 9 heteroatoms. The molecule has 0 unspecified atom stereocenters. The Labute approximate surface area is 190 Å². The third-order valence-corrected chi connectivity index (χ3v) is 6.64. The van der Waals surface area contributed by atoms with Gasteiger partial charge < -0.3 is 14.7 Å². The van der Waals surface area contributed by atoms with Gasteiger partial charge in [-0.3, -0.25) is 24.6 Å². The smallest absolute Gasteiger partial charge is 0.292 e. The van der Waals surface area contributed by atoms with Crippen molar-refractivity contribution in [1.29, 1.82) is 0 Å². The van der Waals surface area contributed by atoms with E-state index in [1.165, 1.54) is 6.07 Å². The number of rotatable bonds is 7. The number of likely N-dealkylation sites (N-methyl/N-ethyl adjacent to an activating group) is 1. The highest BCUT2D eigenvalue weighted by molar-refractivity contribution is 5.80. The summed E-state index contributed by atoms with van der Waals surface area (Å²) in [7, 11) is 0. The Morgan fingerprint density at radius 3 is 2.38 bits per heavy atom. The summed E-state index contributed by atoms with van der Waals surface area (Å²) >= 11 is 0. The first-order valence-corrected chi connectivity index (χ1v) is 11.7. The Morgan fingerprint density at radius 2 is 1.72 bits per heavy atom. The molecule has 0 saturated carbocycles. The lowest BCUT2D eigenvalue weighted by Gasteiger charge is -2.35. The van der Waals surface area contributed by atoms with Crippen LogP contribution in [0.15, 0.2) is 24.3 Å². The van der Waals surface area contributed by atoms with Gasteiger partial charge in [-0.1, -0.05) is 12.1 Å². The van der Waals surface area contributed by atoms with Crippen LogP contribution in [-0.2, 0) is 9.59 Å². The molecule has 2 fully saturated rings. The summed E-state index contributed by atoms with van der Waals surface area (Å²) in [4.78, 5) is 44.5. The van der Waals surface area contributed by atoms with E-state index in [-0.39, 0.29) is 28.3 Å². The topological polar surface area (TPSA) is 90.2 Å². The predicted octanol–water partition coefficient (Wildman–Crippen LogP) is 2.21. The van der Waals surface area contributed by atoms with Gasteiger partial charge in [-0.05, 0) is 39.2 Å². The number of carbonyl (C=O) groups is 2. The van der Waals surface area contributed by atoms with Crippen LogP contribution in [0, 0.1) is 16.0 Å². The number of para-hydroxylation sites is 2. The van der Waals surface area contributed by atoms with Crippen LogP contribution >= 0.6 is 0 Å². The van der Waals surface area contributed by atoms with E-state index in [1.807, 2.05) is 34.6 Å². The zero-order valence-corrected chi connectivity index (χ0v) is 19.2. The van der Waals surface area contributed by atoms with Crippen molar-refractivity contribution in [3.05, 3.63) is 34.4 Å². The molecule has 0 atom stereocenters. The average molecular weight is 446 g/mol. The van der Waals surface area contributed by atoms with Gasteiger partial charge in [0.25, 0.3) is 5.69 Å². The fourth-order valence-electron chi connectivity index (χ4n) is 4.73. The molecule has 9 nitrogen and oxygen atoms in total. The zero-order chi connectivity index (χ0) is 23.1. The van der Waals surface area contributed by atoms with Crippen molar-refractivity contribution in [2.45, 2.75) is 33.1 Å². The first kappa shape index (κ1) is 24.0. The molecule has 0 bridgehead atoms. The zero-order valence-electron chi connectivity index (χ0n) is 19.2. The van der Waals surface area contributed by atoms with Crippen LogP contribution in [-0.4, -0.2) is 90.3 Å². The molecule has 0 spiro atoms. The lowest BCUT2D eigenvalue weighted by molar-refractivity contribution is -0.384. The number of piperidine rings is 1. The number of benzene rings is 1. The van der Waals surface area contributed by atoms with Crippen LogP contribution in [0.3, 0.4) is 0 Å². The van der Waals surface area contributed by atoms with Crippen molar-refractivity contribution < 1.29 is 14.5 Å². The molecule has 1 aromatic carbocycles. The number of nitrogens with zero attached hydrogens (tertiary/aromatic N) is 5. The first-order valence-electron chi connectivity index (χ1n) is 11.7. The minimum atomic E-state index is -0.347. The second-order valence-corrected chi connectivity index (χ2v) is 8.53.